The van der Waals surface area contributed by atoms with Crippen LogP contribution in [0.25, 0.3) is 0 Å². The molecule has 1 heterocycles. The molecule has 0 aliphatic heterocycles. The van der Waals surface area contributed by atoms with Crippen LogP contribution in [0.4, 0.5) is 0 Å². The van der Waals surface area contributed by atoms with E-state index in [0.717, 1.165) is 19.3 Å². The summed E-state index contributed by atoms with van der Waals surface area (Å²) >= 11 is 0. The lowest BCUT2D eigenvalue weighted by atomic mass is 9.67. The monoisotopic (exact) mass is 257 g/mol. The average molecular weight is 257 g/mol. The molecule has 0 bridgehead atoms. The van der Waals surface area contributed by atoms with Gasteiger partial charge in [0, 0.05) is 6.54 Å². The maximum Gasteiger partial charge on any atom is 0.257 e. The zero-order valence-corrected chi connectivity index (χ0v) is 11.1. The SMILES string of the molecule is CCC1(CNS(=O)(=O)c2cnc(C)[nH]2)CCC1. The molecule has 2 rings (SSSR count). The first-order valence-corrected chi connectivity index (χ1v) is 7.47. The van der Waals surface area contributed by atoms with Gasteiger partial charge in [0.05, 0.1) is 6.20 Å². The number of aromatic amines is 1. The molecule has 6 heteroatoms. The number of rotatable bonds is 5. The zero-order chi connectivity index (χ0) is 12.5. The fraction of sp³-hybridized carbons (Fsp3) is 0.727. The van der Waals surface area contributed by atoms with Gasteiger partial charge in [-0.1, -0.05) is 13.3 Å². The van der Waals surface area contributed by atoms with Gasteiger partial charge in [0.15, 0.2) is 5.03 Å². The predicted octanol–water partition coefficient (Wildman–Crippen LogP) is 1.58. The molecule has 1 aromatic rings. The van der Waals surface area contributed by atoms with E-state index in [-0.39, 0.29) is 10.4 Å². The van der Waals surface area contributed by atoms with Crippen molar-refractivity contribution in [2.75, 3.05) is 6.54 Å². The first-order valence-electron chi connectivity index (χ1n) is 5.99. The summed E-state index contributed by atoms with van der Waals surface area (Å²) in [5.74, 6) is 0.610. The van der Waals surface area contributed by atoms with E-state index < -0.39 is 10.0 Å². The van der Waals surface area contributed by atoms with Crippen molar-refractivity contribution in [1.82, 2.24) is 14.7 Å². The van der Waals surface area contributed by atoms with Gasteiger partial charge in [-0.25, -0.2) is 18.1 Å². The number of hydrogen-bond acceptors (Lipinski definition) is 3. The molecule has 0 spiro atoms. The van der Waals surface area contributed by atoms with Gasteiger partial charge in [0.1, 0.15) is 5.82 Å². The van der Waals surface area contributed by atoms with Crippen LogP contribution in [0.1, 0.15) is 38.4 Å². The quantitative estimate of drug-likeness (QED) is 0.841. The minimum absolute atomic E-state index is 0.153. The summed E-state index contributed by atoms with van der Waals surface area (Å²) in [6, 6.07) is 0. The summed E-state index contributed by atoms with van der Waals surface area (Å²) < 4.78 is 26.6. The van der Waals surface area contributed by atoms with Crippen LogP contribution >= 0.6 is 0 Å². The maximum atomic E-state index is 12.0. The summed E-state index contributed by atoms with van der Waals surface area (Å²) in [6.45, 7) is 4.39. The van der Waals surface area contributed by atoms with Crippen molar-refractivity contribution >= 4 is 10.0 Å². The van der Waals surface area contributed by atoms with Gasteiger partial charge in [-0.3, -0.25) is 0 Å². The minimum Gasteiger partial charge on any atom is -0.332 e. The average Bonchev–Trinajstić information content (AvgIpc) is 2.64. The van der Waals surface area contributed by atoms with E-state index in [1.165, 1.54) is 12.6 Å². The molecule has 0 atom stereocenters. The minimum atomic E-state index is -3.43. The molecule has 0 radical (unpaired) electrons. The molecular formula is C11H19N3O2S. The molecule has 0 unspecified atom stereocenters. The highest BCUT2D eigenvalue weighted by atomic mass is 32.2. The van der Waals surface area contributed by atoms with Gasteiger partial charge < -0.3 is 4.98 Å². The number of imidazole rings is 1. The Morgan fingerprint density at radius 3 is 2.65 bits per heavy atom. The van der Waals surface area contributed by atoms with Crippen molar-refractivity contribution < 1.29 is 8.42 Å². The Morgan fingerprint density at radius 1 is 1.53 bits per heavy atom. The van der Waals surface area contributed by atoms with Crippen LogP contribution in [-0.4, -0.2) is 24.9 Å². The van der Waals surface area contributed by atoms with E-state index in [1.54, 1.807) is 6.92 Å². The third-order valence-electron chi connectivity index (χ3n) is 3.77. The van der Waals surface area contributed by atoms with E-state index in [0.29, 0.717) is 12.4 Å². The Kier molecular flexibility index (Phi) is 3.27. The van der Waals surface area contributed by atoms with Gasteiger partial charge in [-0.05, 0) is 31.6 Å². The number of sulfonamides is 1. The largest absolute Gasteiger partial charge is 0.332 e. The van der Waals surface area contributed by atoms with E-state index in [9.17, 15) is 8.42 Å². The van der Waals surface area contributed by atoms with Gasteiger partial charge in [-0.2, -0.15) is 0 Å². The fourth-order valence-electron chi connectivity index (χ4n) is 2.19. The summed E-state index contributed by atoms with van der Waals surface area (Å²) in [5.41, 5.74) is 0.183. The van der Waals surface area contributed by atoms with Crippen molar-refractivity contribution in [3.05, 3.63) is 12.0 Å². The van der Waals surface area contributed by atoms with Crippen molar-refractivity contribution in [3.8, 4) is 0 Å². The Labute approximate surface area is 102 Å². The molecule has 1 aliphatic carbocycles. The normalized spacial score (nSPS) is 18.9. The van der Waals surface area contributed by atoms with Crippen molar-refractivity contribution in [1.29, 1.82) is 0 Å². The van der Waals surface area contributed by atoms with Gasteiger partial charge in [0.25, 0.3) is 10.0 Å². The van der Waals surface area contributed by atoms with Crippen LogP contribution < -0.4 is 4.72 Å². The Balaban J connectivity index is 2.03. The Morgan fingerprint density at radius 2 is 2.24 bits per heavy atom. The Hall–Kier alpha value is -0.880. The molecule has 5 nitrogen and oxygen atoms in total. The number of hydrogen-bond donors (Lipinski definition) is 2. The first kappa shape index (κ1) is 12.6. The molecule has 1 fully saturated rings. The van der Waals surface area contributed by atoms with Crippen molar-refractivity contribution in [2.45, 2.75) is 44.6 Å². The van der Waals surface area contributed by atoms with E-state index in [1.807, 2.05) is 0 Å². The molecule has 1 aliphatic rings. The second kappa shape index (κ2) is 4.42. The van der Waals surface area contributed by atoms with Crippen LogP contribution in [0.5, 0.6) is 0 Å². The lowest BCUT2D eigenvalue weighted by molar-refractivity contribution is 0.133. The third kappa shape index (κ3) is 2.52. The summed E-state index contributed by atoms with van der Waals surface area (Å²) in [6.07, 6.45) is 5.83. The van der Waals surface area contributed by atoms with Crippen LogP contribution in [0.15, 0.2) is 11.2 Å². The fourth-order valence-corrected chi connectivity index (χ4v) is 3.32. The van der Waals surface area contributed by atoms with Crippen LogP contribution in [0, 0.1) is 12.3 Å². The second-order valence-electron chi connectivity index (χ2n) is 4.86. The van der Waals surface area contributed by atoms with Gasteiger partial charge in [-0.15, -0.1) is 0 Å². The van der Waals surface area contributed by atoms with E-state index >= 15 is 0 Å². The van der Waals surface area contributed by atoms with E-state index in [2.05, 4.69) is 21.6 Å². The summed E-state index contributed by atoms with van der Waals surface area (Å²) in [4.78, 5) is 6.65. The van der Waals surface area contributed by atoms with Gasteiger partial charge >= 0.3 is 0 Å². The summed E-state index contributed by atoms with van der Waals surface area (Å²) in [7, 11) is -3.43. The number of H-pyrrole nitrogens is 1. The highest BCUT2D eigenvalue weighted by Crippen LogP contribution is 2.43. The molecule has 1 aromatic heterocycles. The lowest BCUT2D eigenvalue weighted by Crippen LogP contribution is -2.41. The summed E-state index contributed by atoms with van der Waals surface area (Å²) in [5, 5.41) is 0.153. The topological polar surface area (TPSA) is 74.8 Å². The molecule has 0 amide bonds. The molecule has 17 heavy (non-hydrogen) atoms. The third-order valence-corrected chi connectivity index (χ3v) is 5.08. The van der Waals surface area contributed by atoms with Gasteiger partial charge in [0.2, 0.25) is 0 Å². The molecule has 0 saturated heterocycles. The molecule has 1 saturated carbocycles. The first-order chi connectivity index (χ1) is 7.97. The number of nitrogens with one attached hydrogen (secondary N) is 2. The number of nitrogens with zero attached hydrogens (tertiary/aromatic N) is 1. The lowest BCUT2D eigenvalue weighted by Gasteiger charge is -2.41. The highest BCUT2D eigenvalue weighted by Gasteiger charge is 2.36. The van der Waals surface area contributed by atoms with Crippen LogP contribution in [0.3, 0.4) is 0 Å². The number of aromatic nitrogens is 2. The van der Waals surface area contributed by atoms with E-state index in [4.69, 9.17) is 0 Å². The standard InChI is InChI=1S/C11H19N3O2S/c1-3-11(5-4-6-11)8-13-17(15,16)10-7-12-9(2)14-10/h7,13H,3-6,8H2,1-2H3,(H,12,14). The zero-order valence-electron chi connectivity index (χ0n) is 10.3. The molecule has 2 N–H and O–H groups in total. The smallest absolute Gasteiger partial charge is 0.257 e. The second-order valence-corrected chi connectivity index (χ2v) is 6.60. The van der Waals surface area contributed by atoms with Crippen molar-refractivity contribution in [2.24, 2.45) is 5.41 Å². The maximum absolute atomic E-state index is 12.0. The predicted molar refractivity (Wildman–Crippen MR) is 65.1 cm³/mol. The molecule has 96 valence electrons. The number of aryl methyl sites for hydroxylation is 1. The Bertz CT molecular complexity index is 483. The molecular weight excluding hydrogens is 238 g/mol. The van der Waals surface area contributed by atoms with Crippen molar-refractivity contribution in [3.63, 3.8) is 0 Å². The highest BCUT2D eigenvalue weighted by molar-refractivity contribution is 7.89. The van der Waals surface area contributed by atoms with Crippen LogP contribution in [-0.2, 0) is 10.0 Å². The van der Waals surface area contributed by atoms with Crippen LogP contribution in [0.2, 0.25) is 0 Å². The molecule has 0 aromatic carbocycles.